The summed E-state index contributed by atoms with van der Waals surface area (Å²) >= 11 is 6.63. The average Bonchev–Trinajstić information content (AvgIpc) is 2.86. The molecule has 8 heteroatoms. The first kappa shape index (κ1) is 16.0. The van der Waals surface area contributed by atoms with Crippen LogP contribution in [0.25, 0.3) is 0 Å². The van der Waals surface area contributed by atoms with Crippen LogP contribution >= 0.6 is 22.9 Å². The van der Waals surface area contributed by atoms with Crippen molar-refractivity contribution < 1.29 is 18.3 Å². The Labute approximate surface area is 131 Å². The fourth-order valence-corrected chi connectivity index (χ4v) is 4.49. The van der Waals surface area contributed by atoms with Crippen LogP contribution in [-0.2, 0) is 14.8 Å². The van der Waals surface area contributed by atoms with Crippen LogP contribution in [0.3, 0.4) is 0 Å². The molecular formula is C13H11ClNO4S2-. The van der Waals surface area contributed by atoms with Gasteiger partial charge in [0.2, 0.25) is 0 Å². The summed E-state index contributed by atoms with van der Waals surface area (Å²) in [6, 6.07) is 10.4. The second kappa shape index (κ2) is 6.57. The molecule has 0 aliphatic carbocycles. The van der Waals surface area contributed by atoms with Gasteiger partial charge in [0.25, 0.3) is 10.0 Å². The number of aliphatic carboxylic acids is 1. The normalized spacial score (nSPS) is 13.0. The smallest absolute Gasteiger partial charge is 0.250 e. The van der Waals surface area contributed by atoms with Crippen molar-refractivity contribution in [3.63, 3.8) is 0 Å². The lowest BCUT2D eigenvalue weighted by molar-refractivity contribution is -0.306. The highest BCUT2D eigenvalue weighted by molar-refractivity contribution is 7.91. The standard InChI is InChI=1S/C13H12ClNO4S2/c14-11-6-7-13(20-11)21(18,19)15-10(8-12(16)17)9-4-2-1-3-5-9/h1-7,10,15H,8H2,(H,16,17)/p-1. The maximum atomic E-state index is 12.2. The highest BCUT2D eigenvalue weighted by Gasteiger charge is 2.23. The molecule has 21 heavy (non-hydrogen) atoms. The fraction of sp³-hybridized carbons (Fsp3) is 0.154. The molecule has 5 nitrogen and oxygen atoms in total. The maximum absolute atomic E-state index is 12.2. The van der Waals surface area contributed by atoms with Gasteiger partial charge in [0, 0.05) is 12.4 Å². The number of carbonyl (C=O) groups excluding carboxylic acids is 1. The molecule has 0 fully saturated rings. The van der Waals surface area contributed by atoms with Gasteiger partial charge in [-0.05, 0) is 17.7 Å². The van der Waals surface area contributed by atoms with Crippen molar-refractivity contribution >= 4 is 38.9 Å². The Morgan fingerprint density at radius 3 is 2.43 bits per heavy atom. The molecule has 0 saturated heterocycles. The Hall–Kier alpha value is -1.41. The predicted octanol–water partition coefficient (Wildman–Crippen LogP) is 1.56. The second-order valence-electron chi connectivity index (χ2n) is 4.22. The minimum atomic E-state index is -3.84. The van der Waals surface area contributed by atoms with E-state index in [0.29, 0.717) is 9.90 Å². The maximum Gasteiger partial charge on any atom is 0.250 e. The number of hydrogen-bond acceptors (Lipinski definition) is 5. The Morgan fingerprint density at radius 1 is 1.24 bits per heavy atom. The Balaban J connectivity index is 2.29. The van der Waals surface area contributed by atoms with E-state index in [1.165, 1.54) is 12.1 Å². The van der Waals surface area contributed by atoms with E-state index in [2.05, 4.69) is 4.72 Å². The number of nitrogens with one attached hydrogen (secondary N) is 1. The highest BCUT2D eigenvalue weighted by Crippen LogP contribution is 2.27. The second-order valence-corrected chi connectivity index (χ2v) is 7.88. The lowest BCUT2D eigenvalue weighted by Gasteiger charge is -2.19. The summed E-state index contributed by atoms with van der Waals surface area (Å²) in [4.78, 5) is 10.8. The van der Waals surface area contributed by atoms with Gasteiger partial charge in [0.15, 0.2) is 0 Å². The van der Waals surface area contributed by atoms with Crippen LogP contribution in [0.15, 0.2) is 46.7 Å². The molecule has 2 rings (SSSR count). The fourth-order valence-electron chi connectivity index (χ4n) is 1.77. The monoisotopic (exact) mass is 344 g/mol. The number of carboxylic acids is 1. The van der Waals surface area contributed by atoms with Crippen LogP contribution in [0.4, 0.5) is 0 Å². The van der Waals surface area contributed by atoms with E-state index in [1.54, 1.807) is 30.3 Å². The van der Waals surface area contributed by atoms with Gasteiger partial charge in [-0.25, -0.2) is 13.1 Å². The summed E-state index contributed by atoms with van der Waals surface area (Å²) < 4.78 is 27.2. The van der Waals surface area contributed by atoms with Crippen LogP contribution in [0.1, 0.15) is 18.0 Å². The molecule has 112 valence electrons. The van der Waals surface area contributed by atoms with E-state index in [1.807, 2.05) is 0 Å². The molecule has 0 aliphatic rings. The van der Waals surface area contributed by atoms with Gasteiger partial charge in [-0.15, -0.1) is 11.3 Å². The first-order valence-corrected chi connectivity index (χ1v) is 8.59. The van der Waals surface area contributed by atoms with Gasteiger partial charge in [0.1, 0.15) is 4.21 Å². The third-order valence-corrected chi connectivity index (χ3v) is 5.88. The SMILES string of the molecule is O=C([O-])CC(NS(=O)(=O)c1ccc(Cl)s1)c1ccccc1. The van der Waals surface area contributed by atoms with E-state index >= 15 is 0 Å². The van der Waals surface area contributed by atoms with Crippen LogP contribution in [0, 0.1) is 0 Å². The highest BCUT2D eigenvalue weighted by atomic mass is 35.5. The van der Waals surface area contributed by atoms with Crippen LogP contribution in [0.2, 0.25) is 4.34 Å². The molecule has 0 amide bonds. The number of rotatable bonds is 6. The van der Waals surface area contributed by atoms with Crippen LogP contribution in [-0.4, -0.2) is 14.4 Å². The van der Waals surface area contributed by atoms with Crippen LogP contribution in [0.5, 0.6) is 0 Å². The third-order valence-electron chi connectivity index (χ3n) is 2.68. The first-order chi connectivity index (χ1) is 9.88. The number of carboxylic acid groups (broad SMARTS) is 1. The van der Waals surface area contributed by atoms with Crippen molar-refractivity contribution in [2.24, 2.45) is 0 Å². The molecule has 0 radical (unpaired) electrons. The molecule has 2 aromatic rings. The number of hydrogen-bond donors (Lipinski definition) is 1. The van der Waals surface area contributed by atoms with Gasteiger partial charge in [-0.1, -0.05) is 41.9 Å². The molecule has 1 aromatic carbocycles. The van der Waals surface area contributed by atoms with Gasteiger partial charge >= 0.3 is 0 Å². The zero-order valence-electron chi connectivity index (χ0n) is 10.7. The summed E-state index contributed by atoms with van der Waals surface area (Å²) in [5.41, 5.74) is 0.549. The molecular weight excluding hydrogens is 334 g/mol. The first-order valence-electron chi connectivity index (χ1n) is 5.91. The number of carbonyl (C=O) groups is 1. The molecule has 0 bridgehead atoms. The van der Waals surface area contributed by atoms with Crippen molar-refractivity contribution in [2.75, 3.05) is 0 Å². The van der Waals surface area contributed by atoms with E-state index in [4.69, 9.17) is 11.6 Å². The number of sulfonamides is 1. The average molecular weight is 345 g/mol. The minimum absolute atomic E-state index is 0.0341. The van der Waals surface area contributed by atoms with Crippen molar-refractivity contribution in [1.29, 1.82) is 0 Å². The topological polar surface area (TPSA) is 86.3 Å². The van der Waals surface area contributed by atoms with Crippen molar-refractivity contribution in [1.82, 2.24) is 4.72 Å². The molecule has 0 spiro atoms. The molecule has 0 saturated carbocycles. The summed E-state index contributed by atoms with van der Waals surface area (Å²) in [5.74, 6) is -1.34. The summed E-state index contributed by atoms with van der Waals surface area (Å²) in [6.07, 6.45) is -0.456. The lowest BCUT2D eigenvalue weighted by Crippen LogP contribution is -2.34. The number of halogens is 1. The van der Waals surface area contributed by atoms with E-state index in [-0.39, 0.29) is 4.21 Å². The molecule has 1 atom stereocenters. The molecule has 1 heterocycles. The Kier molecular flexibility index (Phi) is 5.00. The van der Waals surface area contributed by atoms with Crippen molar-refractivity contribution in [3.05, 3.63) is 52.4 Å². The summed E-state index contributed by atoms with van der Waals surface area (Å²) in [5, 5.41) is 10.8. The quantitative estimate of drug-likeness (QED) is 0.861. The van der Waals surface area contributed by atoms with Gasteiger partial charge in [0.05, 0.1) is 10.4 Å². The lowest BCUT2D eigenvalue weighted by atomic mass is 10.1. The molecule has 1 N–H and O–H groups in total. The van der Waals surface area contributed by atoms with Crippen molar-refractivity contribution in [2.45, 2.75) is 16.7 Å². The zero-order chi connectivity index (χ0) is 15.5. The predicted molar refractivity (Wildman–Crippen MR) is 78.5 cm³/mol. The van der Waals surface area contributed by atoms with E-state index < -0.39 is 28.5 Å². The van der Waals surface area contributed by atoms with Gasteiger partial charge in [-0.2, -0.15) is 0 Å². The van der Waals surface area contributed by atoms with E-state index in [9.17, 15) is 18.3 Å². The third kappa shape index (κ3) is 4.28. The largest absolute Gasteiger partial charge is 0.550 e. The van der Waals surface area contributed by atoms with E-state index in [0.717, 1.165) is 11.3 Å². The summed E-state index contributed by atoms with van der Waals surface area (Å²) in [6.45, 7) is 0. The zero-order valence-corrected chi connectivity index (χ0v) is 13.0. The molecule has 1 unspecified atom stereocenters. The number of benzene rings is 1. The van der Waals surface area contributed by atoms with Crippen LogP contribution < -0.4 is 9.83 Å². The Morgan fingerprint density at radius 2 is 1.90 bits per heavy atom. The minimum Gasteiger partial charge on any atom is -0.550 e. The molecule has 0 aliphatic heterocycles. The number of thiophene rings is 1. The summed E-state index contributed by atoms with van der Waals surface area (Å²) in [7, 11) is -3.84. The van der Waals surface area contributed by atoms with Crippen molar-refractivity contribution in [3.8, 4) is 0 Å². The Bertz CT molecular complexity index is 728. The van der Waals surface area contributed by atoms with Gasteiger partial charge in [-0.3, -0.25) is 0 Å². The van der Waals surface area contributed by atoms with Gasteiger partial charge < -0.3 is 9.90 Å². The molecule has 1 aromatic heterocycles.